The van der Waals surface area contributed by atoms with Crippen LogP contribution in [0.3, 0.4) is 0 Å². The van der Waals surface area contributed by atoms with Gasteiger partial charge in [0, 0.05) is 6.04 Å². The fourth-order valence-electron chi connectivity index (χ4n) is 3.09. The average molecular weight is 260 g/mol. The number of nitrogens with zero attached hydrogens (tertiary/aromatic N) is 1. The molecule has 1 fully saturated rings. The van der Waals surface area contributed by atoms with Crippen molar-refractivity contribution in [1.82, 2.24) is 0 Å². The first-order chi connectivity index (χ1) is 9.13. The highest BCUT2D eigenvalue weighted by Crippen LogP contribution is 2.33. The summed E-state index contributed by atoms with van der Waals surface area (Å²) >= 11 is 0. The lowest BCUT2D eigenvalue weighted by Crippen LogP contribution is -2.35. The van der Waals surface area contributed by atoms with Gasteiger partial charge in [-0.3, -0.25) is 0 Å². The number of hydrogen-bond donors (Lipinski definition) is 1. The normalized spacial score (nSPS) is 23.1. The second-order valence-corrected chi connectivity index (χ2v) is 5.72. The monoisotopic (exact) mass is 260 g/mol. The Bertz CT molecular complexity index is 476. The predicted molar refractivity (Wildman–Crippen MR) is 75.3 cm³/mol. The van der Waals surface area contributed by atoms with Gasteiger partial charge in [-0.05, 0) is 36.8 Å². The van der Waals surface area contributed by atoms with Gasteiger partial charge in [-0.1, -0.05) is 32.8 Å². The standard InChI is InChI=1S/C16H21FN2/c1-11(2)12-6-3-4-8-15(12)19-16-9-5-7-14(17)13(16)10-18/h5,7,9,11-12,15,19H,3-4,6,8H2,1-2H3. The van der Waals surface area contributed by atoms with E-state index < -0.39 is 5.82 Å². The number of anilines is 1. The molecule has 2 atom stereocenters. The third kappa shape index (κ3) is 3.07. The van der Waals surface area contributed by atoms with Crippen LogP contribution in [0, 0.1) is 29.0 Å². The molecule has 102 valence electrons. The van der Waals surface area contributed by atoms with Crippen molar-refractivity contribution in [2.75, 3.05) is 5.32 Å². The number of nitrogens with one attached hydrogen (secondary N) is 1. The topological polar surface area (TPSA) is 35.8 Å². The van der Waals surface area contributed by atoms with Crippen molar-refractivity contribution in [3.63, 3.8) is 0 Å². The Kier molecular flexibility index (Phi) is 4.42. The molecule has 0 spiro atoms. The summed E-state index contributed by atoms with van der Waals surface area (Å²) in [6, 6.07) is 7.11. The summed E-state index contributed by atoms with van der Waals surface area (Å²) in [5, 5.41) is 12.5. The molecule has 0 saturated heterocycles. The quantitative estimate of drug-likeness (QED) is 0.878. The van der Waals surface area contributed by atoms with Gasteiger partial charge in [-0.2, -0.15) is 5.26 Å². The summed E-state index contributed by atoms with van der Waals surface area (Å²) in [7, 11) is 0. The van der Waals surface area contributed by atoms with Crippen LogP contribution in [0.25, 0.3) is 0 Å². The molecule has 0 heterocycles. The Morgan fingerprint density at radius 3 is 2.74 bits per heavy atom. The van der Waals surface area contributed by atoms with E-state index in [1.54, 1.807) is 12.1 Å². The van der Waals surface area contributed by atoms with Crippen molar-refractivity contribution in [3.8, 4) is 6.07 Å². The van der Waals surface area contributed by atoms with Crippen molar-refractivity contribution in [3.05, 3.63) is 29.6 Å². The lowest BCUT2D eigenvalue weighted by molar-refractivity contribution is 0.254. The van der Waals surface area contributed by atoms with Crippen molar-refractivity contribution in [2.45, 2.75) is 45.6 Å². The molecule has 0 amide bonds. The number of nitriles is 1. The SMILES string of the molecule is CC(C)C1CCCCC1Nc1cccc(F)c1C#N. The summed E-state index contributed by atoms with van der Waals surface area (Å²) in [6.07, 6.45) is 4.80. The molecule has 1 aliphatic rings. The maximum Gasteiger partial charge on any atom is 0.143 e. The van der Waals surface area contributed by atoms with E-state index in [-0.39, 0.29) is 5.56 Å². The molecule has 0 radical (unpaired) electrons. The van der Waals surface area contributed by atoms with Crippen LogP contribution in [-0.4, -0.2) is 6.04 Å². The van der Waals surface area contributed by atoms with Crippen LogP contribution in [0.4, 0.5) is 10.1 Å². The van der Waals surface area contributed by atoms with Gasteiger partial charge < -0.3 is 5.32 Å². The highest BCUT2D eigenvalue weighted by atomic mass is 19.1. The van der Waals surface area contributed by atoms with Gasteiger partial charge in [0.15, 0.2) is 0 Å². The van der Waals surface area contributed by atoms with E-state index in [4.69, 9.17) is 5.26 Å². The van der Waals surface area contributed by atoms with Crippen LogP contribution in [0.5, 0.6) is 0 Å². The predicted octanol–water partition coefficient (Wildman–Crippen LogP) is 4.32. The summed E-state index contributed by atoms with van der Waals surface area (Å²) in [6.45, 7) is 4.48. The van der Waals surface area contributed by atoms with E-state index in [0.717, 1.165) is 6.42 Å². The van der Waals surface area contributed by atoms with Gasteiger partial charge >= 0.3 is 0 Å². The van der Waals surface area contributed by atoms with E-state index in [1.165, 1.54) is 25.3 Å². The lowest BCUT2D eigenvalue weighted by atomic mass is 9.77. The smallest absolute Gasteiger partial charge is 0.143 e. The van der Waals surface area contributed by atoms with Gasteiger partial charge in [-0.15, -0.1) is 0 Å². The van der Waals surface area contributed by atoms with Crippen LogP contribution < -0.4 is 5.32 Å². The van der Waals surface area contributed by atoms with Gasteiger partial charge in [0.1, 0.15) is 17.4 Å². The van der Waals surface area contributed by atoms with E-state index in [0.29, 0.717) is 23.6 Å². The Morgan fingerprint density at radius 1 is 1.32 bits per heavy atom. The summed E-state index contributed by atoms with van der Waals surface area (Å²) in [4.78, 5) is 0. The van der Waals surface area contributed by atoms with Crippen LogP contribution in [0.15, 0.2) is 18.2 Å². The Morgan fingerprint density at radius 2 is 2.05 bits per heavy atom. The highest BCUT2D eigenvalue weighted by molar-refractivity contribution is 5.58. The van der Waals surface area contributed by atoms with Gasteiger partial charge in [0.2, 0.25) is 0 Å². The highest BCUT2D eigenvalue weighted by Gasteiger charge is 2.28. The number of benzene rings is 1. The van der Waals surface area contributed by atoms with E-state index >= 15 is 0 Å². The zero-order valence-electron chi connectivity index (χ0n) is 11.6. The van der Waals surface area contributed by atoms with Crippen LogP contribution in [0.1, 0.15) is 45.1 Å². The number of rotatable bonds is 3. The summed E-state index contributed by atoms with van der Waals surface area (Å²) in [5.74, 6) is 0.768. The first-order valence-corrected chi connectivity index (χ1v) is 7.08. The zero-order valence-corrected chi connectivity index (χ0v) is 11.6. The maximum absolute atomic E-state index is 13.6. The molecule has 1 aromatic rings. The Labute approximate surface area is 114 Å². The summed E-state index contributed by atoms with van der Waals surface area (Å²) < 4.78 is 13.6. The van der Waals surface area contributed by atoms with Crippen molar-refractivity contribution in [1.29, 1.82) is 5.26 Å². The van der Waals surface area contributed by atoms with Gasteiger partial charge in [0.25, 0.3) is 0 Å². The first kappa shape index (κ1) is 13.9. The molecular weight excluding hydrogens is 239 g/mol. The molecule has 2 unspecified atom stereocenters. The second kappa shape index (κ2) is 6.06. The summed E-state index contributed by atoms with van der Waals surface area (Å²) in [5.41, 5.74) is 0.774. The number of hydrogen-bond acceptors (Lipinski definition) is 2. The Balaban J connectivity index is 2.20. The third-order valence-electron chi connectivity index (χ3n) is 4.14. The van der Waals surface area contributed by atoms with E-state index in [1.807, 2.05) is 6.07 Å². The zero-order chi connectivity index (χ0) is 13.8. The van der Waals surface area contributed by atoms with Crippen LogP contribution >= 0.6 is 0 Å². The van der Waals surface area contributed by atoms with E-state index in [2.05, 4.69) is 19.2 Å². The fourth-order valence-corrected chi connectivity index (χ4v) is 3.09. The number of halogens is 1. The molecule has 3 heteroatoms. The average Bonchev–Trinajstić information content (AvgIpc) is 2.39. The van der Waals surface area contributed by atoms with E-state index in [9.17, 15) is 4.39 Å². The van der Waals surface area contributed by atoms with Crippen LogP contribution in [-0.2, 0) is 0 Å². The molecule has 1 saturated carbocycles. The molecule has 1 aromatic carbocycles. The first-order valence-electron chi connectivity index (χ1n) is 7.08. The molecule has 0 aliphatic heterocycles. The fraction of sp³-hybridized carbons (Fsp3) is 0.562. The van der Waals surface area contributed by atoms with Crippen molar-refractivity contribution >= 4 is 5.69 Å². The minimum Gasteiger partial charge on any atom is -0.381 e. The van der Waals surface area contributed by atoms with Crippen molar-refractivity contribution in [2.24, 2.45) is 11.8 Å². The minimum atomic E-state index is -0.440. The molecule has 2 nitrogen and oxygen atoms in total. The largest absolute Gasteiger partial charge is 0.381 e. The second-order valence-electron chi connectivity index (χ2n) is 5.72. The minimum absolute atomic E-state index is 0.135. The maximum atomic E-state index is 13.6. The molecular formula is C16H21FN2. The van der Waals surface area contributed by atoms with Crippen molar-refractivity contribution < 1.29 is 4.39 Å². The Hall–Kier alpha value is -1.56. The van der Waals surface area contributed by atoms with Crippen LogP contribution in [0.2, 0.25) is 0 Å². The molecule has 1 aliphatic carbocycles. The van der Waals surface area contributed by atoms with Gasteiger partial charge in [0.05, 0.1) is 5.69 Å². The van der Waals surface area contributed by atoms with Gasteiger partial charge in [-0.25, -0.2) is 4.39 Å². The third-order valence-corrected chi connectivity index (χ3v) is 4.14. The molecule has 0 aromatic heterocycles. The molecule has 19 heavy (non-hydrogen) atoms. The molecule has 0 bridgehead atoms. The molecule has 2 rings (SSSR count). The lowest BCUT2D eigenvalue weighted by Gasteiger charge is -2.35. The molecule has 1 N–H and O–H groups in total.